The van der Waals surface area contributed by atoms with E-state index in [9.17, 15) is 9.59 Å². The van der Waals surface area contributed by atoms with Crippen LogP contribution in [-0.2, 0) is 18.4 Å². The molecule has 3 aromatic heterocycles. The standard InChI is InChI=1S/C25H27ClN6O2S/c1-31-14-19(13-27-31)29-24(33)21(10-16-4-2-3-5-16)30-25(34)23-9-7-20(35-23)15-32-22-8-6-18(26)11-17(22)12-28-32/h6-9,11-14,16,21H,2-5,10,15H2,1H3,(H,29,33)(H,30,34)/t21-/m0/s1. The van der Waals surface area contributed by atoms with Gasteiger partial charge < -0.3 is 10.6 Å². The lowest BCUT2D eigenvalue weighted by Crippen LogP contribution is -2.44. The van der Waals surface area contributed by atoms with Gasteiger partial charge in [-0.1, -0.05) is 37.3 Å². The number of thiophene rings is 1. The van der Waals surface area contributed by atoms with Crippen LogP contribution in [0.4, 0.5) is 5.69 Å². The Hall–Kier alpha value is -3.17. The summed E-state index contributed by atoms with van der Waals surface area (Å²) in [7, 11) is 1.79. The topological polar surface area (TPSA) is 93.8 Å². The number of anilines is 1. The highest BCUT2D eigenvalue weighted by molar-refractivity contribution is 7.14. The van der Waals surface area contributed by atoms with Gasteiger partial charge in [-0.15, -0.1) is 11.3 Å². The number of aromatic nitrogens is 4. The van der Waals surface area contributed by atoms with Crippen LogP contribution in [0.25, 0.3) is 10.9 Å². The first-order valence-electron chi connectivity index (χ1n) is 11.7. The number of nitrogens with one attached hydrogen (secondary N) is 2. The number of fused-ring (bicyclic) bond motifs is 1. The molecule has 0 radical (unpaired) electrons. The van der Waals surface area contributed by atoms with Gasteiger partial charge in [0, 0.05) is 28.5 Å². The molecular formula is C25H27ClN6O2S. The zero-order chi connectivity index (χ0) is 24.4. The van der Waals surface area contributed by atoms with Crippen molar-refractivity contribution < 1.29 is 9.59 Å². The van der Waals surface area contributed by atoms with Crippen LogP contribution in [0.15, 0.2) is 48.9 Å². The summed E-state index contributed by atoms with van der Waals surface area (Å²) in [6.07, 6.45) is 10.3. The number of hydrogen-bond acceptors (Lipinski definition) is 5. The van der Waals surface area contributed by atoms with Gasteiger partial charge in [-0.3, -0.25) is 19.0 Å². The maximum atomic E-state index is 13.1. The highest BCUT2D eigenvalue weighted by atomic mass is 35.5. The number of rotatable bonds is 8. The van der Waals surface area contributed by atoms with Crippen LogP contribution in [0, 0.1) is 5.92 Å². The third-order valence-corrected chi connectivity index (χ3v) is 7.74. The van der Waals surface area contributed by atoms with E-state index in [4.69, 9.17) is 11.6 Å². The monoisotopic (exact) mass is 510 g/mol. The molecule has 1 aliphatic rings. The summed E-state index contributed by atoms with van der Waals surface area (Å²) in [6, 6.07) is 8.82. The molecule has 3 heterocycles. The number of aryl methyl sites for hydroxylation is 1. The van der Waals surface area contributed by atoms with Gasteiger partial charge in [0.25, 0.3) is 5.91 Å². The van der Waals surface area contributed by atoms with Crippen LogP contribution >= 0.6 is 22.9 Å². The van der Waals surface area contributed by atoms with Gasteiger partial charge in [-0.2, -0.15) is 10.2 Å². The van der Waals surface area contributed by atoms with E-state index in [2.05, 4.69) is 20.8 Å². The van der Waals surface area contributed by atoms with E-state index in [1.807, 2.05) is 35.0 Å². The Morgan fingerprint density at radius 1 is 1.17 bits per heavy atom. The Balaban J connectivity index is 1.27. The van der Waals surface area contributed by atoms with Crippen LogP contribution in [-0.4, -0.2) is 37.4 Å². The molecule has 1 fully saturated rings. The first kappa shape index (κ1) is 23.6. The number of hydrogen-bond donors (Lipinski definition) is 2. The first-order chi connectivity index (χ1) is 16.9. The Labute approximate surface area is 212 Å². The van der Waals surface area contributed by atoms with Gasteiger partial charge in [0.2, 0.25) is 5.91 Å². The fourth-order valence-corrected chi connectivity index (χ4v) is 5.75. The minimum absolute atomic E-state index is 0.211. The Morgan fingerprint density at radius 3 is 2.77 bits per heavy atom. The molecule has 35 heavy (non-hydrogen) atoms. The first-order valence-corrected chi connectivity index (χ1v) is 12.9. The maximum Gasteiger partial charge on any atom is 0.262 e. The van der Waals surface area contributed by atoms with Gasteiger partial charge >= 0.3 is 0 Å². The molecule has 8 nitrogen and oxygen atoms in total. The van der Waals surface area contributed by atoms with Crippen molar-refractivity contribution in [3.63, 3.8) is 0 Å². The zero-order valence-corrected chi connectivity index (χ0v) is 21.0. The summed E-state index contributed by atoms with van der Waals surface area (Å²) >= 11 is 7.49. The second-order valence-electron chi connectivity index (χ2n) is 9.08. The molecule has 2 amide bonds. The van der Waals surface area contributed by atoms with Crippen molar-refractivity contribution in [2.45, 2.75) is 44.7 Å². The molecule has 1 aliphatic carbocycles. The average Bonchev–Trinajstić information content (AvgIpc) is 3.63. The highest BCUT2D eigenvalue weighted by Gasteiger charge is 2.27. The van der Waals surface area contributed by atoms with Gasteiger partial charge in [0.1, 0.15) is 6.04 Å². The van der Waals surface area contributed by atoms with E-state index >= 15 is 0 Å². The molecule has 0 saturated heterocycles. The van der Waals surface area contributed by atoms with Crippen molar-refractivity contribution in [1.82, 2.24) is 24.9 Å². The number of nitrogens with zero attached hydrogens (tertiary/aromatic N) is 4. The number of carbonyl (C=O) groups excluding carboxylic acids is 2. The summed E-state index contributed by atoms with van der Waals surface area (Å²) < 4.78 is 3.52. The average molecular weight is 511 g/mol. The molecule has 10 heteroatoms. The summed E-state index contributed by atoms with van der Waals surface area (Å²) in [6.45, 7) is 0.552. The van der Waals surface area contributed by atoms with Crippen molar-refractivity contribution in [2.24, 2.45) is 13.0 Å². The smallest absolute Gasteiger partial charge is 0.262 e. The zero-order valence-electron chi connectivity index (χ0n) is 19.4. The molecule has 5 rings (SSSR count). The van der Waals surface area contributed by atoms with E-state index in [1.165, 1.54) is 24.2 Å². The third-order valence-electron chi connectivity index (χ3n) is 6.43. The SMILES string of the molecule is Cn1cc(NC(=O)[C@H](CC2CCCC2)NC(=O)c2ccc(Cn3ncc4cc(Cl)ccc43)s2)cn1. The van der Waals surface area contributed by atoms with Gasteiger partial charge in [0.05, 0.1) is 35.0 Å². The predicted molar refractivity (Wildman–Crippen MR) is 138 cm³/mol. The van der Waals surface area contributed by atoms with Crippen LogP contribution < -0.4 is 10.6 Å². The number of amides is 2. The molecule has 0 aliphatic heterocycles. The molecule has 0 bridgehead atoms. The van der Waals surface area contributed by atoms with Crippen molar-refractivity contribution in [3.05, 3.63) is 63.7 Å². The minimum Gasteiger partial charge on any atom is -0.340 e. The number of halogens is 1. The molecule has 0 spiro atoms. The molecule has 1 atom stereocenters. The van der Waals surface area contributed by atoms with E-state index in [-0.39, 0.29) is 11.8 Å². The summed E-state index contributed by atoms with van der Waals surface area (Å²) in [4.78, 5) is 27.8. The second kappa shape index (κ2) is 10.2. The molecule has 0 unspecified atom stereocenters. The van der Waals surface area contributed by atoms with Crippen molar-refractivity contribution in [3.8, 4) is 0 Å². The van der Waals surface area contributed by atoms with Gasteiger partial charge in [-0.25, -0.2) is 0 Å². The van der Waals surface area contributed by atoms with E-state index < -0.39 is 6.04 Å². The lowest BCUT2D eigenvalue weighted by Gasteiger charge is -2.21. The van der Waals surface area contributed by atoms with E-state index in [1.54, 1.807) is 30.3 Å². The fraction of sp³-hybridized carbons (Fsp3) is 0.360. The lowest BCUT2D eigenvalue weighted by molar-refractivity contribution is -0.118. The van der Waals surface area contributed by atoms with Crippen LogP contribution in [0.3, 0.4) is 0 Å². The van der Waals surface area contributed by atoms with E-state index in [0.29, 0.717) is 34.5 Å². The molecule has 182 valence electrons. The molecule has 2 N–H and O–H groups in total. The molecule has 1 saturated carbocycles. The molecular weight excluding hydrogens is 484 g/mol. The fourth-order valence-electron chi connectivity index (χ4n) is 4.67. The molecule has 4 aromatic rings. The predicted octanol–water partition coefficient (Wildman–Crippen LogP) is 4.85. The Morgan fingerprint density at radius 2 is 2.00 bits per heavy atom. The second-order valence-corrected chi connectivity index (χ2v) is 10.7. The Bertz CT molecular complexity index is 1350. The third kappa shape index (κ3) is 5.57. The number of carbonyl (C=O) groups is 2. The summed E-state index contributed by atoms with van der Waals surface area (Å²) in [5.74, 6) is -0.000153. The van der Waals surface area contributed by atoms with Crippen LogP contribution in [0.1, 0.15) is 46.7 Å². The largest absolute Gasteiger partial charge is 0.340 e. The maximum absolute atomic E-state index is 13.1. The van der Waals surface area contributed by atoms with Crippen molar-refractivity contribution in [1.29, 1.82) is 0 Å². The van der Waals surface area contributed by atoms with Crippen LogP contribution in [0.5, 0.6) is 0 Å². The van der Waals surface area contributed by atoms with Crippen molar-refractivity contribution >= 4 is 51.3 Å². The number of benzene rings is 1. The highest BCUT2D eigenvalue weighted by Crippen LogP contribution is 2.29. The Kier molecular flexibility index (Phi) is 6.88. The summed E-state index contributed by atoms with van der Waals surface area (Å²) in [5.41, 5.74) is 1.60. The lowest BCUT2D eigenvalue weighted by atomic mass is 9.97. The van der Waals surface area contributed by atoms with Crippen molar-refractivity contribution in [2.75, 3.05) is 5.32 Å². The van der Waals surface area contributed by atoms with Gasteiger partial charge in [-0.05, 0) is 42.7 Å². The minimum atomic E-state index is -0.601. The summed E-state index contributed by atoms with van der Waals surface area (Å²) in [5, 5.41) is 16.1. The van der Waals surface area contributed by atoms with Gasteiger partial charge in [0.15, 0.2) is 0 Å². The quantitative estimate of drug-likeness (QED) is 0.354. The molecule has 1 aromatic carbocycles. The van der Waals surface area contributed by atoms with E-state index in [0.717, 1.165) is 28.6 Å². The van der Waals surface area contributed by atoms with Crippen LogP contribution in [0.2, 0.25) is 5.02 Å². The normalized spacial score (nSPS) is 14.9.